The van der Waals surface area contributed by atoms with Gasteiger partial charge >= 0.3 is 0 Å². The number of imidazole rings is 1. The van der Waals surface area contributed by atoms with Crippen LogP contribution in [0.2, 0.25) is 0 Å². The minimum absolute atomic E-state index is 0.664. The highest BCUT2D eigenvalue weighted by molar-refractivity contribution is 6.09. The Morgan fingerprint density at radius 2 is 1.62 bits per heavy atom. The van der Waals surface area contributed by atoms with Crippen molar-refractivity contribution in [3.05, 3.63) is 97.6 Å². The Balaban J connectivity index is 1.36. The van der Waals surface area contributed by atoms with Crippen LogP contribution in [0, 0.1) is 0 Å². The fraction of sp³-hybridized carbons (Fsp3) is 0. The number of nitrogens with zero attached hydrogens (tertiary/aromatic N) is 4. The van der Waals surface area contributed by atoms with E-state index in [9.17, 15) is 0 Å². The third-order valence-corrected chi connectivity index (χ3v) is 5.97. The van der Waals surface area contributed by atoms with Gasteiger partial charge in [0.1, 0.15) is 17.2 Å². The molecule has 0 unspecified atom stereocenters. The summed E-state index contributed by atoms with van der Waals surface area (Å²) < 4.78 is 8.11. The van der Waals surface area contributed by atoms with E-state index in [0.29, 0.717) is 5.78 Å². The molecule has 0 aliphatic carbocycles. The molecule has 0 bridgehead atoms. The van der Waals surface area contributed by atoms with Crippen molar-refractivity contribution in [1.82, 2.24) is 19.4 Å². The molecular weight excluding hydrogens is 396 g/mol. The molecular formula is C27H16N4O. The molecule has 7 rings (SSSR count). The summed E-state index contributed by atoms with van der Waals surface area (Å²) >= 11 is 0. The first-order chi connectivity index (χ1) is 15.8. The highest BCUT2D eigenvalue weighted by atomic mass is 16.5. The zero-order chi connectivity index (χ0) is 21.1. The Kier molecular flexibility index (Phi) is 3.49. The number of ether oxygens (including phenoxy) is 1. The lowest BCUT2D eigenvalue weighted by Gasteiger charge is -2.22. The van der Waals surface area contributed by atoms with Crippen LogP contribution >= 0.6 is 0 Å². The van der Waals surface area contributed by atoms with Gasteiger partial charge < -0.3 is 4.74 Å². The second-order valence-electron chi connectivity index (χ2n) is 7.82. The highest BCUT2D eigenvalue weighted by Gasteiger charge is 2.21. The number of rotatable bonds is 2. The van der Waals surface area contributed by atoms with Crippen molar-refractivity contribution < 1.29 is 4.74 Å². The molecule has 3 aromatic heterocycles. The molecule has 150 valence electrons. The normalized spacial score (nSPS) is 12.0. The van der Waals surface area contributed by atoms with Gasteiger partial charge in [0.05, 0.1) is 5.69 Å². The van der Waals surface area contributed by atoms with Gasteiger partial charge in [-0.15, -0.1) is 0 Å². The van der Waals surface area contributed by atoms with Crippen LogP contribution in [-0.2, 0) is 0 Å². The molecule has 0 spiro atoms. The molecule has 0 N–H and O–H groups in total. The fourth-order valence-electron chi connectivity index (χ4n) is 4.49. The second kappa shape index (κ2) is 6.49. The van der Waals surface area contributed by atoms with Gasteiger partial charge in [-0.25, -0.2) is 9.97 Å². The van der Waals surface area contributed by atoms with Gasteiger partial charge in [0.15, 0.2) is 0 Å². The van der Waals surface area contributed by atoms with E-state index in [2.05, 4.69) is 52.4 Å². The fourth-order valence-corrected chi connectivity index (χ4v) is 4.49. The van der Waals surface area contributed by atoms with E-state index in [-0.39, 0.29) is 0 Å². The molecule has 3 aromatic carbocycles. The molecule has 32 heavy (non-hydrogen) atoms. The Morgan fingerprint density at radius 3 is 2.53 bits per heavy atom. The molecule has 1 aliphatic rings. The molecule has 0 saturated heterocycles. The third-order valence-electron chi connectivity index (χ3n) is 5.97. The zero-order valence-corrected chi connectivity index (χ0v) is 16.9. The number of aromatic nitrogens is 4. The summed E-state index contributed by atoms with van der Waals surface area (Å²) in [5.41, 5.74) is 6.12. The SMILES string of the molecule is c1ccc2c(c1)Oc1ccc(-c3ccc(-c4cn5cccnc5n4)nc3)c3cccc-2c13. The average Bonchev–Trinajstić information content (AvgIpc) is 3.29. The lowest BCUT2D eigenvalue weighted by Crippen LogP contribution is -1.97. The molecule has 1 aliphatic heterocycles. The summed E-state index contributed by atoms with van der Waals surface area (Å²) in [5, 5.41) is 2.29. The van der Waals surface area contributed by atoms with Crippen LogP contribution in [0.15, 0.2) is 97.6 Å². The maximum atomic E-state index is 6.21. The van der Waals surface area contributed by atoms with Crippen LogP contribution in [0.5, 0.6) is 11.5 Å². The lowest BCUT2D eigenvalue weighted by molar-refractivity contribution is 0.487. The van der Waals surface area contributed by atoms with Gasteiger partial charge in [0.25, 0.3) is 0 Å². The molecule has 0 atom stereocenters. The molecule has 0 radical (unpaired) electrons. The monoisotopic (exact) mass is 412 g/mol. The number of hydrogen-bond donors (Lipinski definition) is 0. The van der Waals surface area contributed by atoms with E-state index in [4.69, 9.17) is 9.72 Å². The Labute approximate surface area is 183 Å². The van der Waals surface area contributed by atoms with Gasteiger partial charge in [0, 0.05) is 41.3 Å². The zero-order valence-electron chi connectivity index (χ0n) is 16.9. The average molecular weight is 412 g/mol. The smallest absolute Gasteiger partial charge is 0.234 e. The molecule has 6 aromatic rings. The summed E-state index contributed by atoms with van der Waals surface area (Å²) in [6.45, 7) is 0. The number of para-hydroxylation sites is 1. The summed E-state index contributed by atoms with van der Waals surface area (Å²) in [6, 6.07) is 24.8. The number of pyridine rings is 1. The minimum atomic E-state index is 0.664. The first-order valence-corrected chi connectivity index (χ1v) is 10.4. The first-order valence-electron chi connectivity index (χ1n) is 10.4. The van der Waals surface area contributed by atoms with Crippen LogP contribution in [0.4, 0.5) is 0 Å². The van der Waals surface area contributed by atoms with Crippen molar-refractivity contribution in [3.8, 4) is 45.1 Å². The van der Waals surface area contributed by atoms with Crippen LogP contribution in [0.1, 0.15) is 0 Å². The van der Waals surface area contributed by atoms with Gasteiger partial charge in [-0.1, -0.05) is 42.5 Å². The van der Waals surface area contributed by atoms with Crippen molar-refractivity contribution in [2.45, 2.75) is 0 Å². The number of fused-ring (bicyclic) bond motifs is 3. The Hall–Kier alpha value is -4.51. The van der Waals surface area contributed by atoms with Crippen molar-refractivity contribution in [2.24, 2.45) is 0 Å². The number of benzene rings is 3. The quantitative estimate of drug-likeness (QED) is 0.330. The Morgan fingerprint density at radius 1 is 0.688 bits per heavy atom. The summed E-state index contributed by atoms with van der Waals surface area (Å²) in [5.74, 6) is 2.45. The van der Waals surface area contributed by atoms with Crippen molar-refractivity contribution in [1.29, 1.82) is 0 Å². The van der Waals surface area contributed by atoms with E-state index in [1.807, 2.05) is 53.3 Å². The Bertz CT molecular complexity index is 1620. The van der Waals surface area contributed by atoms with Gasteiger partial charge in [-0.2, -0.15) is 0 Å². The molecule has 0 amide bonds. The largest absolute Gasteiger partial charge is 0.456 e. The van der Waals surface area contributed by atoms with E-state index in [0.717, 1.165) is 50.3 Å². The lowest BCUT2D eigenvalue weighted by atomic mass is 9.91. The summed E-state index contributed by atoms with van der Waals surface area (Å²) in [4.78, 5) is 13.6. The van der Waals surface area contributed by atoms with Crippen molar-refractivity contribution in [3.63, 3.8) is 0 Å². The van der Waals surface area contributed by atoms with Gasteiger partial charge in [-0.05, 0) is 46.8 Å². The van der Waals surface area contributed by atoms with Crippen molar-refractivity contribution in [2.75, 3.05) is 0 Å². The third kappa shape index (κ3) is 2.48. The molecule has 0 saturated carbocycles. The maximum Gasteiger partial charge on any atom is 0.234 e. The maximum absolute atomic E-state index is 6.21. The first kappa shape index (κ1) is 17.2. The molecule has 0 fully saturated rings. The molecule has 5 nitrogen and oxygen atoms in total. The number of hydrogen-bond acceptors (Lipinski definition) is 4. The second-order valence-corrected chi connectivity index (χ2v) is 7.82. The summed E-state index contributed by atoms with van der Waals surface area (Å²) in [6.07, 6.45) is 7.53. The van der Waals surface area contributed by atoms with Crippen LogP contribution in [0.3, 0.4) is 0 Å². The standard InChI is InChI=1S/C27H16N4O/c1-2-8-24-19(5-1)21-7-3-6-20-18(10-12-25(32-24)26(20)21)17-9-11-22(29-15-17)23-16-31-14-4-13-28-27(31)30-23/h1-16H. The van der Waals surface area contributed by atoms with E-state index >= 15 is 0 Å². The molecule has 4 heterocycles. The van der Waals surface area contributed by atoms with E-state index < -0.39 is 0 Å². The van der Waals surface area contributed by atoms with E-state index in [1.54, 1.807) is 6.20 Å². The highest BCUT2D eigenvalue weighted by Crippen LogP contribution is 2.48. The predicted octanol–water partition coefficient (Wildman–Crippen LogP) is 6.38. The topological polar surface area (TPSA) is 52.3 Å². The van der Waals surface area contributed by atoms with Crippen LogP contribution in [-0.4, -0.2) is 19.4 Å². The van der Waals surface area contributed by atoms with Gasteiger partial charge in [0.2, 0.25) is 5.78 Å². The van der Waals surface area contributed by atoms with Gasteiger partial charge in [-0.3, -0.25) is 9.38 Å². The predicted molar refractivity (Wildman–Crippen MR) is 125 cm³/mol. The van der Waals surface area contributed by atoms with Crippen LogP contribution < -0.4 is 4.74 Å². The van der Waals surface area contributed by atoms with E-state index in [1.165, 1.54) is 5.56 Å². The minimum Gasteiger partial charge on any atom is -0.456 e. The van der Waals surface area contributed by atoms with Crippen molar-refractivity contribution >= 4 is 16.6 Å². The molecule has 5 heteroatoms. The van der Waals surface area contributed by atoms with Crippen LogP contribution in [0.25, 0.3) is 50.2 Å². The summed E-state index contributed by atoms with van der Waals surface area (Å²) in [7, 11) is 0.